The van der Waals surface area contributed by atoms with Crippen LogP contribution in [0.25, 0.3) is 0 Å². The molecule has 0 fully saturated rings. The predicted octanol–water partition coefficient (Wildman–Crippen LogP) is 4.15. The molecule has 0 saturated heterocycles. The van der Waals surface area contributed by atoms with Gasteiger partial charge in [-0.25, -0.2) is 0 Å². The van der Waals surface area contributed by atoms with Crippen molar-refractivity contribution >= 4 is 41.5 Å². The van der Waals surface area contributed by atoms with Crippen LogP contribution in [-0.4, -0.2) is 42.7 Å². The zero-order chi connectivity index (χ0) is 17.1. The lowest BCUT2D eigenvalue weighted by Gasteiger charge is -2.23. The summed E-state index contributed by atoms with van der Waals surface area (Å²) in [4.78, 5) is 6.84. The molecule has 1 atom stereocenters. The third kappa shape index (κ3) is 8.53. The van der Waals surface area contributed by atoms with Gasteiger partial charge in [0.25, 0.3) is 0 Å². The summed E-state index contributed by atoms with van der Waals surface area (Å²) in [6.45, 7) is 6.74. The normalized spacial score (nSPS) is 12.5. The molecule has 0 aromatic heterocycles. The molecule has 138 valence electrons. The van der Waals surface area contributed by atoms with E-state index in [4.69, 9.17) is 16.6 Å². The van der Waals surface area contributed by atoms with Crippen molar-refractivity contribution in [2.24, 2.45) is 10.9 Å². The first-order chi connectivity index (χ1) is 11.1. The summed E-state index contributed by atoms with van der Waals surface area (Å²) in [5.74, 6) is 1.32. The van der Waals surface area contributed by atoms with Gasteiger partial charge in [0.1, 0.15) is 0 Å². The molecule has 0 spiro atoms. The van der Waals surface area contributed by atoms with Gasteiger partial charge in [0, 0.05) is 38.3 Å². The van der Waals surface area contributed by atoms with E-state index in [9.17, 15) is 5.11 Å². The van der Waals surface area contributed by atoms with E-state index in [1.54, 1.807) is 0 Å². The monoisotopic (exact) mass is 467 g/mol. The molecule has 0 bridgehead atoms. The zero-order valence-corrected chi connectivity index (χ0v) is 18.1. The quantitative estimate of drug-likeness (QED) is 0.326. The largest absolute Gasteiger partial charge is 0.396 e. The van der Waals surface area contributed by atoms with Crippen molar-refractivity contribution in [3.8, 4) is 0 Å². The summed E-state index contributed by atoms with van der Waals surface area (Å²) < 4.78 is 0. The number of hydrogen-bond donors (Lipinski definition) is 2. The van der Waals surface area contributed by atoms with Crippen molar-refractivity contribution < 1.29 is 5.11 Å². The molecule has 1 aromatic carbocycles. The number of aliphatic hydroxyl groups is 1. The maximum Gasteiger partial charge on any atom is 0.193 e. The maximum absolute atomic E-state index is 9.18. The molecule has 0 saturated carbocycles. The molecule has 0 heterocycles. The summed E-state index contributed by atoms with van der Waals surface area (Å²) in [6, 6.07) is 7.88. The van der Waals surface area contributed by atoms with Crippen molar-refractivity contribution in [1.29, 1.82) is 0 Å². The van der Waals surface area contributed by atoms with Crippen LogP contribution >= 0.6 is 35.6 Å². The number of guanidine groups is 1. The second kappa shape index (κ2) is 13.7. The Morgan fingerprint density at radius 1 is 1.29 bits per heavy atom. The third-order valence-corrected chi connectivity index (χ3v) is 4.16. The van der Waals surface area contributed by atoms with Crippen molar-refractivity contribution in [1.82, 2.24) is 10.2 Å². The lowest BCUT2D eigenvalue weighted by atomic mass is 10.0. The SMILES string of the molecule is CCCC(CCO)CN=C(NCC)N(C)Cc1ccccc1Cl.I. The molecular formula is C18H31ClIN3O. The van der Waals surface area contributed by atoms with Crippen LogP contribution in [0.1, 0.15) is 38.7 Å². The molecule has 0 amide bonds. The van der Waals surface area contributed by atoms with Crippen molar-refractivity contribution in [3.63, 3.8) is 0 Å². The number of nitrogens with zero attached hydrogens (tertiary/aromatic N) is 2. The second-order valence-corrected chi connectivity index (χ2v) is 6.22. The van der Waals surface area contributed by atoms with E-state index in [2.05, 4.69) is 24.1 Å². The summed E-state index contributed by atoms with van der Waals surface area (Å²) in [7, 11) is 2.02. The van der Waals surface area contributed by atoms with E-state index in [1.165, 1.54) is 0 Å². The Balaban J connectivity index is 0.00000529. The molecule has 24 heavy (non-hydrogen) atoms. The first kappa shape index (κ1) is 23.5. The topological polar surface area (TPSA) is 47.9 Å². The van der Waals surface area contributed by atoms with Gasteiger partial charge in [-0.2, -0.15) is 0 Å². The van der Waals surface area contributed by atoms with E-state index in [0.29, 0.717) is 12.5 Å². The highest BCUT2D eigenvalue weighted by atomic mass is 127. The van der Waals surface area contributed by atoms with Crippen LogP contribution in [0.4, 0.5) is 0 Å². The molecule has 6 heteroatoms. The summed E-state index contributed by atoms with van der Waals surface area (Å²) in [5, 5.41) is 13.3. The average molecular weight is 468 g/mol. The van der Waals surface area contributed by atoms with Gasteiger partial charge < -0.3 is 15.3 Å². The van der Waals surface area contributed by atoms with Crippen LogP contribution in [0, 0.1) is 5.92 Å². The average Bonchev–Trinajstić information content (AvgIpc) is 2.53. The zero-order valence-electron chi connectivity index (χ0n) is 15.0. The summed E-state index contributed by atoms with van der Waals surface area (Å²) >= 11 is 6.25. The minimum absolute atomic E-state index is 0. The Labute approximate surface area is 168 Å². The summed E-state index contributed by atoms with van der Waals surface area (Å²) in [6.07, 6.45) is 3.02. The van der Waals surface area contributed by atoms with Crippen molar-refractivity contribution in [3.05, 3.63) is 34.9 Å². The molecule has 1 unspecified atom stereocenters. The fraction of sp³-hybridized carbons (Fsp3) is 0.611. The predicted molar refractivity (Wildman–Crippen MR) is 114 cm³/mol. The minimum Gasteiger partial charge on any atom is -0.396 e. The fourth-order valence-electron chi connectivity index (χ4n) is 2.56. The number of rotatable bonds is 9. The number of benzene rings is 1. The number of hydrogen-bond acceptors (Lipinski definition) is 2. The van der Waals surface area contributed by atoms with Crippen LogP contribution in [0.5, 0.6) is 0 Å². The van der Waals surface area contributed by atoms with E-state index < -0.39 is 0 Å². The number of nitrogens with one attached hydrogen (secondary N) is 1. The Bertz CT molecular complexity index is 479. The van der Waals surface area contributed by atoms with Crippen LogP contribution in [0.3, 0.4) is 0 Å². The summed E-state index contributed by atoms with van der Waals surface area (Å²) in [5.41, 5.74) is 1.09. The number of halogens is 2. The Morgan fingerprint density at radius 3 is 2.58 bits per heavy atom. The lowest BCUT2D eigenvalue weighted by molar-refractivity contribution is 0.253. The van der Waals surface area contributed by atoms with Gasteiger partial charge in [0.05, 0.1) is 0 Å². The second-order valence-electron chi connectivity index (χ2n) is 5.81. The van der Waals surface area contributed by atoms with Gasteiger partial charge in [0.15, 0.2) is 5.96 Å². The van der Waals surface area contributed by atoms with Crippen LogP contribution in [0.2, 0.25) is 5.02 Å². The molecule has 1 aromatic rings. The van der Waals surface area contributed by atoms with Gasteiger partial charge in [-0.1, -0.05) is 43.1 Å². The maximum atomic E-state index is 9.18. The van der Waals surface area contributed by atoms with E-state index >= 15 is 0 Å². The number of aliphatic hydroxyl groups excluding tert-OH is 1. The van der Waals surface area contributed by atoms with Gasteiger partial charge in [-0.15, -0.1) is 24.0 Å². The lowest BCUT2D eigenvalue weighted by Crippen LogP contribution is -2.39. The van der Waals surface area contributed by atoms with E-state index in [0.717, 1.165) is 48.9 Å². The van der Waals surface area contributed by atoms with Crippen molar-refractivity contribution in [2.75, 3.05) is 26.7 Å². The molecule has 0 aliphatic heterocycles. The van der Waals surface area contributed by atoms with Gasteiger partial charge in [0.2, 0.25) is 0 Å². The van der Waals surface area contributed by atoms with Gasteiger partial charge in [-0.05, 0) is 37.3 Å². The molecule has 2 N–H and O–H groups in total. The standard InChI is InChI=1S/C18H30ClN3O.HI/c1-4-8-15(11-12-23)13-21-18(20-5-2)22(3)14-16-9-6-7-10-17(16)19;/h6-7,9-10,15,23H,4-5,8,11-14H2,1-3H3,(H,20,21);1H. The first-order valence-corrected chi connectivity index (χ1v) is 8.83. The van der Waals surface area contributed by atoms with Crippen LogP contribution in [0.15, 0.2) is 29.3 Å². The molecule has 0 aliphatic rings. The third-order valence-electron chi connectivity index (χ3n) is 3.80. The van der Waals surface area contributed by atoms with Crippen molar-refractivity contribution in [2.45, 2.75) is 39.7 Å². The van der Waals surface area contributed by atoms with E-state index in [1.807, 2.05) is 31.3 Å². The minimum atomic E-state index is 0. The van der Waals surface area contributed by atoms with Crippen LogP contribution < -0.4 is 5.32 Å². The highest BCUT2D eigenvalue weighted by Crippen LogP contribution is 2.17. The highest BCUT2D eigenvalue weighted by Gasteiger charge is 2.11. The van der Waals surface area contributed by atoms with E-state index in [-0.39, 0.29) is 30.6 Å². The molecule has 0 radical (unpaired) electrons. The smallest absolute Gasteiger partial charge is 0.193 e. The van der Waals surface area contributed by atoms with Crippen LogP contribution in [-0.2, 0) is 6.54 Å². The number of aliphatic imine (C=N–C) groups is 1. The molecule has 4 nitrogen and oxygen atoms in total. The molecular weight excluding hydrogens is 437 g/mol. The Morgan fingerprint density at radius 2 is 2.00 bits per heavy atom. The Kier molecular flexibility index (Phi) is 13.4. The molecule has 0 aliphatic carbocycles. The first-order valence-electron chi connectivity index (χ1n) is 8.46. The molecule has 1 rings (SSSR count). The van der Waals surface area contributed by atoms with Gasteiger partial charge >= 0.3 is 0 Å². The fourth-order valence-corrected chi connectivity index (χ4v) is 2.76. The highest BCUT2D eigenvalue weighted by molar-refractivity contribution is 14.0. The Hall–Kier alpha value is -0.530. The van der Waals surface area contributed by atoms with Gasteiger partial charge in [-0.3, -0.25) is 4.99 Å².